The summed E-state index contributed by atoms with van der Waals surface area (Å²) in [6.45, 7) is 2.02. The highest BCUT2D eigenvalue weighted by molar-refractivity contribution is 5.68. The minimum Gasteiger partial charge on any atom is -0.338 e. The fourth-order valence-corrected chi connectivity index (χ4v) is 1.15. The molecule has 1 unspecified atom stereocenters. The summed E-state index contributed by atoms with van der Waals surface area (Å²) in [6, 6.07) is -0.0470. The van der Waals surface area contributed by atoms with E-state index in [1.54, 1.807) is 6.20 Å². The molecule has 2 rings (SSSR count). The third kappa shape index (κ3) is 1.38. The molecule has 2 aromatic heterocycles. The van der Waals surface area contributed by atoms with Crippen molar-refractivity contribution in [1.82, 2.24) is 19.9 Å². The van der Waals surface area contributed by atoms with Crippen LogP contribution in [0.25, 0.3) is 11.2 Å². The lowest BCUT2D eigenvalue weighted by atomic mass is 10.2. The summed E-state index contributed by atoms with van der Waals surface area (Å²) in [7, 11) is 0. The maximum absolute atomic E-state index is 5.82. The number of rotatable bonds is 2. The summed E-state index contributed by atoms with van der Waals surface area (Å²) in [5.74, 6) is 0.776. The van der Waals surface area contributed by atoms with Crippen molar-refractivity contribution < 1.29 is 0 Å². The van der Waals surface area contributed by atoms with E-state index in [1.165, 1.54) is 6.33 Å². The molecular weight excluding hydrogens is 166 g/mol. The first-order chi connectivity index (χ1) is 6.31. The molecular formula is C8H11N5. The van der Waals surface area contributed by atoms with Crippen molar-refractivity contribution in [3.8, 4) is 0 Å². The standard InChI is InChI=1S/C8H11N5/c1-2-5(9)7-12-6-3-10-4-11-8(6)13-7/h3-5H,2,9H2,1H3,(H,10,11,12,13). The van der Waals surface area contributed by atoms with Gasteiger partial charge in [-0.2, -0.15) is 0 Å². The third-order valence-corrected chi connectivity index (χ3v) is 1.97. The zero-order valence-corrected chi connectivity index (χ0v) is 7.36. The number of hydrogen-bond donors (Lipinski definition) is 2. The van der Waals surface area contributed by atoms with E-state index in [9.17, 15) is 0 Å². The summed E-state index contributed by atoms with van der Waals surface area (Å²) in [5.41, 5.74) is 7.33. The lowest BCUT2D eigenvalue weighted by Gasteiger charge is -2.01. The normalized spacial score (nSPS) is 13.4. The highest BCUT2D eigenvalue weighted by atomic mass is 15.0. The van der Waals surface area contributed by atoms with E-state index in [-0.39, 0.29) is 6.04 Å². The maximum Gasteiger partial charge on any atom is 0.180 e. The predicted molar refractivity (Wildman–Crippen MR) is 48.9 cm³/mol. The van der Waals surface area contributed by atoms with Crippen LogP contribution in [-0.2, 0) is 0 Å². The molecule has 5 heteroatoms. The van der Waals surface area contributed by atoms with E-state index < -0.39 is 0 Å². The van der Waals surface area contributed by atoms with Crippen LogP contribution in [0.3, 0.4) is 0 Å². The molecule has 0 saturated heterocycles. The highest BCUT2D eigenvalue weighted by Crippen LogP contribution is 2.13. The molecule has 2 heterocycles. The Morgan fingerprint density at radius 1 is 1.62 bits per heavy atom. The van der Waals surface area contributed by atoms with E-state index in [1.807, 2.05) is 6.92 Å². The molecule has 3 N–H and O–H groups in total. The van der Waals surface area contributed by atoms with Gasteiger partial charge in [0, 0.05) is 0 Å². The van der Waals surface area contributed by atoms with Crippen molar-refractivity contribution in [2.75, 3.05) is 0 Å². The van der Waals surface area contributed by atoms with Crippen LogP contribution in [0.5, 0.6) is 0 Å². The predicted octanol–water partition coefficient (Wildman–Crippen LogP) is 0.763. The molecule has 0 bridgehead atoms. The lowest BCUT2D eigenvalue weighted by Crippen LogP contribution is -2.10. The number of nitrogens with two attached hydrogens (primary N) is 1. The molecule has 13 heavy (non-hydrogen) atoms. The van der Waals surface area contributed by atoms with Crippen LogP contribution in [0.15, 0.2) is 12.5 Å². The van der Waals surface area contributed by atoms with E-state index in [2.05, 4.69) is 19.9 Å². The lowest BCUT2D eigenvalue weighted by molar-refractivity contribution is 0.660. The van der Waals surface area contributed by atoms with Gasteiger partial charge in [0.25, 0.3) is 0 Å². The van der Waals surface area contributed by atoms with Crippen molar-refractivity contribution in [3.63, 3.8) is 0 Å². The Morgan fingerprint density at radius 2 is 2.46 bits per heavy atom. The van der Waals surface area contributed by atoms with Crippen molar-refractivity contribution >= 4 is 11.2 Å². The Bertz CT molecular complexity index is 375. The van der Waals surface area contributed by atoms with E-state index in [0.717, 1.165) is 17.8 Å². The largest absolute Gasteiger partial charge is 0.338 e. The first-order valence-electron chi connectivity index (χ1n) is 4.22. The second kappa shape index (κ2) is 3.10. The van der Waals surface area contributed by atoms with Gasteiger partial charge in [-0.05, 0) is 6.42 Å². The number of hydrogen-bond acceptors (Lipinski definition) is 4. The highest BCUT2D eigenvalue weighted by Gasteiger charge is 2.08. The van der Waals surface area contributed by atoms with E-state index >= 15 is 0 Å². The topological polar surface area (TPSA) is 80.5 Å². The fourth-order valence-electron chi connectivity index (χ4n) is 1.15. The Morgan fingerprint density at radius 3 is 3.15 bits per heavy atom. The molecule has 2 aromatic rings. The molecule has 0 radical (unpaired) electrons. The first-order valence-corrected chi connectivity index (χ1v) is 4.22. The molecule has 1 atom stereocenters. The molecule has 0 amide bonds. The maximum atomic E-state index is 5.82. The average Bonchev–Trinajstić information content (AvgIpc) is 2.59. The van der Waals surface area contributed by atoms with Gasteiger partial charge >= 0.3 is 0 Å². The van der Waals surface area contributed by atoms with E-state index in [4.69, 9.17) is 5.73 Å². The van der Waals surface area contributed by atoms with Gasteiger partial charge < -0.3 is 10.7 Å². The van der Waals surface area contributed by atoms with Crippen molar-refractivity contribution in [2.45, 2.75) is 19.4 Å². The van der Waals surface area contributed by atoms with Gasteiger partial charge in [-0.3, -0.25) is 0 Å². The van der Waals surface area contributed by atoms with Gasteiger partial charge in [0.1, 0.15) is 17.7 Å². The van der Waals surface area contributed by atoms with Gasteiger partial charge in [0.05, 0.1) is 12.2 Å². The fraction of sp³-hybridized carbons (Fsp3) is 0.375. The monoisotopic (exact) mass is 177 g/mol. The molecule has 0 fully saturated rings. The van der Waals surface area contributed by atoms with Crippen LogP contribution in [-0.4, -0.2) is 19.9 Å². The first kappa shape index (κ1) is 8.12. The number of nitrogens with zero attached hydrogens (tertiary/aromatic N) is 3. The van der Waals surface area contributed by atoms with Crippen LogP contribution < -0.4 is 5.73 Å². The Balaban J connectivity index is 2.49. The Labute approximate surface area is 75.4 Å². The van der Waals surface area contributed by atoms with Gasteiger partial charge in [-0.1, -0.05) is 6.92 Å². The summed E-state index contributed by atoms with van der Waals surface area (Å²) < 4.78 is 0. The molecule has 0 aliphatic rings. The smallest absolute Gasteiger partial charge is 0.180 e. The zero-order valence-electron chi connectivity index (χ0n) is 7.36. The number of imidazole rings is 1. The minimum absolute atomic E-state index is 0.0470. The van der Waals surface area contributed by atoms with Crippen molar-refractivity contribution in [1.29, 1.82) is 0 Å². The SMILES string of the molecule is CCC(N)c1nc2ncncc2[nH]1. The molecule has 0 spiro atoms. The summed E-state index contributed by atoms with van der Waals surface area (Å²) in [4.78, 5) is 15.2. The number of H-pyrrole nitrogens is 1. The molecule has 0 aromatic carbocycles. The van der Waals surface area contributed by atoms with Gasteiger partial charge in [0.2, 0.25) is 0 Å². The van der Waals surface area contributed by atoms with Crippen LogP contribution in [0.2, 0.25) is 0 Å². The van der Waals surface area contributed by atoms with Gasteiger partial charge in [-0.25, -0.2) is 15.0 Å². The Kier molecular flexibility index (Phi) is 1.94. The molecule has 68 valence electrons. The second-order valence-electron chi connectivity index (χ2n) is 2.90. The number of fused-ring (bicyclic) bond motifs is 1. The van der Waals surface area contributed by atoms with Crippen LogP contribution >= 0.6 is 0 Å². The third-order valence-electron chi connectivity index (χ3n) is 1.97. The van der Waals surface area contributed by atoms with E-state index in [0.29, 0.717) is 5.65 Å². The molecule has 5 nitrogen and oxygen atoms in total. The quantitative estimate of drug-likeness (QED) is 0.709. The number of aromatic nitrogens is 4. The minimum atomic E-state index is -0.0470. The van der Waals surface area contributed by atoms with Crippen LogP contribution in [0.4, 0.5) is 0 Å². The summed E-state index contributed by atoms with van der Waals surface area (Å²) in [6.07, 6.45) is 4.03. The van der Waals surface area contributed by atoms with Crippen LogP contribution in [0.1, 0.15) is 25.2 Å². The van der Waals surface area contributed by atoms with Gasteiger partial charge in [-0.15, -0.1) is 0 Å². The summed E-state index contributed by atoms with van der Waals surface area (Å²) in [5, 5.41) is 0. The van der Waals surface area contributed by atoms with Crippen LogP contribution in [0, 0.1) is 0 Å². The Hall–Kier alpha value is -1.49. The van der Waals surface area contributed by atoms with Gasteiger partial charge in [0.15, 0.2) is 5.65 Å². The molecule has 0 aliphatic heterocycles. The molecule has 0 aliphatic carbocycles. The van der Waals surface area contributed by atoms with Crippen molar-refractivity contribution in [3.05, 3.63) is 18.3 Å². The number of aromatic amines is 1. The number of nitrogens with one attached hydrogen (secondary N) is 1. The van der Waals surface area contributed by atoms with Crippen molar-refractivity contribution in [2.24, 2.45) is 5.73 Å². The zero-order chi connectivity index (χ0) is 9.26. The summed E-state index contributed by atoms with van der Waals surface area (Å²) >= 11 is 0. The molecule has 0 saturated carbocycles. The second-order valence-corrected chi connectivity index (χ2v) is 2.90. The average molecular weight is 177 g/mol.